The van der Waals surface area contributed by atoms with Crippen molar-refractivity contribution in [2.24, 2.45) is 5.92 Å². The van der Waals surface area contributed by atoms with Crippen molar-refractivity contribution in [3.8, 4) is 0 Å². The second-order valence-corrected chi connectivity index (χ2v) is 21.2. The van der Waals surface area contributed by atoms with Crippen LogP contribution in [0.3, 0.4) is 0 Å². The fourth-order valence-electron chi connectivity index (χ4n) is 11.4. The fourth-order valence-corrected chi connectivity index (χ4v) is 11.4. The van der Waals surface area contributed by atoms with E-state index in [2.05, 4.69) is 91.1 Å². The normalized spacial score (nSPS) is 21.3. The van der Waals surface area contributed by atoms with Crippen LogP contribution in [-0.4, -0.2) is 135 Å². The van der Waals surface area contributed by atoms with Crippen LogP contribution in [0.5, 0.6) is 0 Å². The van der Waals surface area contributed by atoms with Crippen molar-refractivity contribution in [1.29, 1.82) is 0 Å². The number of carbonyl (C=O) groups excluding carboxylic acids is 6. The Bertz CT molecular complexity index is 2360. The average Bonchev–Trinajstić information content (AvgIpc) is 4.12. The number of carbonyl (C=O) groups is 6. The Labute approximate surface area is 439 Å². The van der Waals surface area contributed by atoms with Crippen molar-refractivity contribution in [2.45, 2.75) is 159 Å². The molecular weight excluding hydrogens is 933 g/mol. The lowest BCUT2D eigenvalue weighted by atomic mass is 9.87. The third-order valence-electron chi connectivity index (χ3n) is 16.1. The average molecular weight is 1020 g/mol. The summed E-state index contributed by atoms with van der Waals surface area (Å²) in [6.45, 7) is 8.86. The zero-order chi connectivity index (χ0) is 52.6. The quantitative estimate of drug-likeness (QED) is 0.0543. The summed E-state index contributed by atoms with van der Waals surface area (Å²) in [6, 6.07) is 21.9. The van der Waals surface area contributed by atoms with Gasteiger partial charge in [0.15, 0.2) is 0 Å². The number of nitrogens with one attached hydrogen (secondary N) is 8. The summed E-state index contributed by atoms with van der Waals surface area (Å²) in [7, 11) is 3.43. The first kappa shape index (κ1) is 56.1. The predicted octanol–water partition coefficient (Wildman–Crippen LogP) is 4.84. The van der Waals surface area contributed by atoms with Crippen LogP contribution in [0.4, 0.5) is 0 Å². The van der Waals surface area contributed by atoms with Crippen LogP contribution >= 0.6 is 0 Å². The highest BCUT2D eigenvalue weighted by atomic mass is 16.2. The number of hydrogen-bond acceptors (Lipinski definition) is 10. The van der Waals surface area contributed by atoms with E-state index < -0.39 is 24.2 Å². The molecule has 2 fully saturated rings. The van der Waals surface area contributed by atoms with Crippen LogP contribution in [0.2, 0.25) is 0 Å². The van der Waals surface area contributed by atoms with E-state index in [1.165, 1.54) is 22.3 Å². The minimum atomic E-state index is -0.731. The number of hydrogen-bond donors (Lipinski definition) is 8. The Morgan fingerprint density at radius 1 is 0.554 bits per heavy atom. The fraction of sp³-hybridized carbons (Fsp3) is 0.586. The Morgan fingerprint density at radius 2 is 1.01 bits per heavy atom. The van der Waals surface area contributed by atoms with Gasteiger partial charge in [-0.2, -0.15) is 0 Å². The molecule has 8 N–H and O–H groups in total. The van der Waals surface area contributed by atoms with Gasteiger partial charge in [-0.15, -0.1) is 0 Å². The van der Waals surface area contributed by atoms with Crippen LogP contribution in [-0.2, 0) is 32.0 Å². The summed E-state index contributed by atoms with van der Waals surface area (Å²) >= 11 is 0. The second-order valence-electron chi connectivity index (χ2n) is 21.2. The van der Waals surface area contributed by atoms with Gasteiger partial charge in [-0.25, -0.2) is 0 Å². The van der Waals surface area contributed by atoms with E-state index in [0.29, 0.717) is 76.1 Å². The number of nitrogens with zero attached hydrogens (tertiary/aromatic N) is 2. The van der Waals surface area contributed by atoms with Crippen molar-refractivity contribution in [2.75, 3.05) is 53.4 Å². The molecule has 6 amide bonds. The van der Waals surface area contributed by atoms with Gasteiger partial charge in [0.2, 0.25) is 23.6 Å². The maximum absolute atomic E-state index is 14.4. The number of likely N-dealkylation sites (N-methyl/N-ethyl adjacent to an activating group) is 2. The molecule has 3 aromatic rings. The molecule has 0 radical (unpaired) electrons. The van der Waals surface area contributed by atoms with E-state index in [9.17, 15) is 28.8 Å². The molecule has 402 valence electrons. The van der Waals surface area contributed by atoms with Crippen molar-refractivity contribution in [3.63, 3.8) is 0 Å². The van der Waals surface area contributed by atoms with E-state index in [4.69, 9.17) is 0 Å². The molecule has 7 rings (SSSR count). The van der Waals surface area contributed by atoms with Crippen LogP contribution in [0.1, 0.15) is 153 Å². The SMILES string of the molecule is CN[C@@H](C)C(=O)NC(C(=O)N1CCC[C@H]1CNC1CCCc2ccccc21)[C@H](C)CCCNC(=O)c1ccc(C(=O)NCCC[C@H](NC(=O)[C@@H](C)NC)C(=O)N2CCC[C@H]2CNC2CCCc3ccccc32)cc1. The van der Waals surface area contributed by atoms with Crippen LogP contribution in [0.25, 0.3) is 0 Å². The van der Waals surface area contributed by atoms with Crippen molar-refractivity contribution in [1.82, 2.24) is 52.3 Å². The van der Waals surface area contributed by atoms with Gasteiger partial charge in [0.05, 0.1) is 12.1 Å². The van der Waals surface area contributed by atoms with Gasteiger partial charge < -0.3 is 52.3 Å². The van der Waals surface area contributed by atoms with Crippen LogP contribution < -0.4 is 42.5 Å². The van der Waals surface area contributed by atoms with Gasteiger partial charge in [0.25, 0.3) is 11.8 Å². The predicted molar refractivity (Wildman–Crippen MR) is 289 cm³/mol. The number of fused-ring (bicyclic) bond motifs is 2. The maximum atomic E-state index is 14.4. The lowest BCUT2D eigenvalue weighted by Crippen LogP contribution is -2.56. The lowest BCUT2D eigenvalue weighted by Gasteiger charge is -2.34. The largest absolute Gasteiger partial charge is 0.352 e. The first-order valence-electron chi connectivity index (χ1n) is 27.7. The van der Waals surface area contributed by atoms with Gasteiger partial charge in [0.1, 0.15) is 12.1 Å². The highest BCUT2D eigenvalue weighted by Gasteiger charge is 2.38. The summed E-state index contributed by atoms with van der Waals surface area (Å²) < 4.78 is 0. The summed E-state index contributed by atoms with van der Waals surface area (Å²) in [4.78, 5) is 85.2. The molecule has 0 bridgehead atoms. The van der Waals surface area contributed by atoms with Gasteiger partial charge in [-0.3, -0.25) is 28.8 Å². The molecule has 0 aromatic heterocycles. The molecule has 4 aliphatic rings. The number of rotatable bonds is 25. The summed E-state index contributed by atoms with van der Waals surface area (Å²) in [6.07, 6.45) is 12.2. The Hall–Kier alpha value is -5.68. The highest BCUT2D eigenvalue weighted by molar-refractivity contribution is 5.98. The summed E-state index contributed by atoms with van der Waals surface area (Å²) in [5.74, 6) is -1.40. The Morgan fingerprint density at radius 3 is 1.51 bits per heavy atom. The van der Waals surface area contributed by atoms with E-state index in [1.54, 1.807) is 52.2 Å². The Balaban J connectivity index is 0.857. The second kappa shape index (κ2) is 27.7. The van der Waals surface area contributed by atoms with Gasteiger partial charge in [-0.1, -0.05) is 55.5 Å². The molecule has 3 aromatic carbocycles. The first-order valence-corrected chi connectivity index (χ1v) is 27.7. The van der Waals surface area contributed by atoms with E-state index >= 15 is 0 Å². The van der Waals surface area contributed by atoms with Crippen LogP contribution in [0.15, 0.2) is 72.8 Å². The highest BCUT2D eigenvalue weighted by Crippen LogP contribution is 2.32. The van der Waals surface area contributed by atoms with Gasteiger partial charge in [-0.05, 0) is 170 Å². The molecule has 2 saturated heterocycles. The minimum Gasteiger partial charge on any atom is -0.352 e. The molecule has 2 aliphatic carbocycles. The molecule has 16 nitrogen and oxygen atoms in total. The van der Waals surface area contributed by atoms with Crippen molar-refractivity contribution in [3.05, 3.63) is 106 Å². The van der Waals surface area contributed by atoms with Crippen molar-refractivity contribution < 1.29 is 28.8 Å². The number of benzene rings is 3. The smallest absolute Gasteiger partial charge is 0.251 e. The standard InChI is InChI=1S/C58H84N10O6/c1-38(52(66-54(70)40(3)60-5)58(74)68-35-15-22-46(68)37-64-50-26-11-20-42-18-7-9-24-48(42)50)16-12-32-61-55(71)43-28-30-44(31-29-43)56(72)62-33-13-27-51(65-53(69)39(2)59-4)57(73)67-34-14-21-45(67)36-63-49-25-10-19-41-17-6-8-23-47(41)49/h6-9,17-18,23-24,28-31,38-40,45-46,49-52,59-60,63-64H,10-16,19-22,25-27,32-37H2,1-5H3,(H,61,71)(H,62,72)(H,65,69)(H,66,70)/t38-,39-,40+,45+,46+,49?,50?,51+,52?/m1/s1. The molecule has 74 heavy (non-hydrogen) atoms. The van der Waals surface area contributed by atoms with Crippen LogP contribution in [0, 0.1) is 5.92 Å². The molecule has 0 saturated carbocycles. The van der Waals surface area contributed by atoms with Gasteiger partial charge >= 0.3 is 0 Å². The van der Waals surface area contributed by atoms with E-state index in [1.807, 2.05) is 16.7 Å². The minimum absolute atomic E-state index is 0.0289. The molecule has 9 atom stereocenters. The molecule has 2 aliphatic heterocycles. The molecule has 16 heteroatoms. The number of amides is 6. The Kier molecular flexibility index (Phi) is 21.0. The zero-order valence-electron chi connectivity index (χ0n) is 44.6. The maximum Gasteiger partial charge on any atom is 0.251 e. The first-order chi connectivity index (χ1) is 35.9. The van der Waals surface area contributed by atoms with Gasteiger partial charge in [0, 0.05) is 74.6 Å². The third kappa shape index (κ3) is 14.8. The third-order valence-corrected chi connectivity index (χ3v) is 16.1. The molecular formula is C58H84N10O6. The lowest BCUT2D eigenvalue weighted by molar-refractivity contribution is -0.139. The summed E-state index contributed by atoms with van der Waals surface area (Å²) in [5.41, 5.74) is 6.29. The molecule has 3 unspecified atom stereocenters. The summed E-state index contributed by atoms with van der Waals surface area (Å²) in [5, 5.41) is 25.5. The number of likely N-dealkylation sites (tertiary alicyclic amines) is 2. The van der Waals surface area contributed by atoms with E-state index in [0.717, 1.165) is 64.2 Å². The topological polar surface area (TPSA) is 205 Å². The molecule has 2 heterocycles. The van der Waals surface area contributed by atoms with E-state index in [-0.39, 0.29) is 65.5 Å². The monoisotopic (exact) mass is 1020 g/mol. The zero-order valence-corrected chi connectivity index (χ0v) is 44.6. The number of aryl methyl sites for hydroxylation is 2. The van der Waals surface area contributed by atoms with Crippen molar-refractivity contribution >= 4 is 35.4 Å². The molecule has 0 spiro atoms.